The van der Waals surface area contributed by atoms with Crippen LogP contribution in [0.2, 0.25) is 0 Å². The molecule has 0 bridgehead atoms. The lowest BCUT2D eigenvalue weighted by Gasteiger charge is -2.26. The molecule has 166 valence electrons. The molecule has 3 aromatic carbocycles. The maximum absolute atomic E-state index is 13.9. The number of carbonyl (C=O) groups excluding carboxylic acids is 1. The average molecular weight is 510 g/mol. The molecule has 1 unspecified atom stereocenters. The Kier molecular flexibility index (Phi) is 4.97. The zero-order valence-corrected chi connectivity index (χ0v) is 19.1. The molecule has 0 fully saturated rings. The number of methoxy groups -OCH3 is 1. The Morgan fingerprint density at radius 3 is 2.52 bits per heavy atom. The number of phenols is 1. The van der Waals surface area contributed by atoms with Crippen molar-refractivity contribution in [1.82, 2.24) is 0 Å². The van der Waals surface area contributed by atoms with Gasteiger partial charge < -0.3 is 14.3 Å². The fourth-order valence-corrected chi connectivity index (χ4v) is 4.60. The van der Waals surface area contributed by atoms with Crippen LogP contribution >= 0.6 is 15.9 Å². The van der Waals surface area contributed by atoms with Crippen LogP contribution in [0.3, 0.4) is 0 Å². The van der Waals surface area contributed by atoms with E-state index >= 15 is 0 Å². The average Bonchev–Trinajstić information content (AvgIpc) is 3.09. The number of hydrogen-bond donors (Lipinski definition) is 1. The number of anilines is 1. The van der Waals surface area contributed by atoms with Gasteiger partial charge in [-0.05, 0) is 70.9 Å². The zero-order chi connectivity index (χ0) is 23.4. The molecule has 1 amide bonds. The lowest BCUT2D eigenvalue weighted by atomic mass is 9.97. The van der Waals surface area contributed by atoms with Crippen molar-refractivity contribution < 1.29 is 23.4 Å². The minimum Gasteiger partial charge on any atom is -0.503 e. The smallest absolute Gasteiger partial charge is 0.295 e. The number of fused-ring (bicyclic) bond motifs is 2. The maximum atomic E-state index is 13.9. The maximum Gasteiger partial charge on any atom is 0.295 e. The van der Waals surface area contributed by atoms with Gasteiger partial charge in [0.1, 0.15) is 11.4 Å². The summed E-state index contributed by atoms with van der Waals surface area (Å²) in [6.45, 7) is 1.93. The van der Waals surface area contributed by atoms with Crippen LogP contribution in [0.4, 0.5) is 10.1 Å². The van der Waals surface area contributed by atoms with E-state index in [0.717, 1.165) is 11.6 Å². The van der Waals surface area contributed by atoms with Crippen molar-refractivity contribution in [3.63, 3.8) is 0 Å². The zero-order valence-electron chi connectivity index (χ0n) is 17.6. The summed E-state index contributed by atoms with van der Waals surface area (Å²) in [5.74, 6) is -1.13. The fraction of sp³-hybridized carbons (Fsp3) is 0.120. The highest BCUT2D eigenvalue weighted by Crippen LogP contribution is 2.45. The van der Waals surface area contributed by atoms with Crippen molar-refractivity contribution in [1.29, 1.82) is 0 Å². The molecule has 1 N–H and O–H groups in total. The summed E-state index contributed by atoms with van der Waals surface area (Å²) >= 11 is 3.31. The summed E-state index contributed by atoms with van der Waals surface area (Å²) in [4.78, 5) is 28.6. The molecule has 6 nitrogen and oxygen atoms in total. The van der Waals surface area contributed by atoms with Crippen LogP contribution in [0.15, 0.2) is 68.3 Å². The summed E-state index contributed by atoms with van der Waals surface area (Å²) in [7, 11) is 1.40. The number of ether oxygens (including phenoxy) is 1. The fourth-order valence-electron chi connectivity index (χ4n) is 4.14. The number of halogens is 2. The number of benzene rings is 3. The Morgan fingerprint density at radius 2 is 1.82 bits per heavy atom. The lowest BCUT2D eigenvalue weighted by Crippen LogP contribution is -2.29. The van der Waals surface area contributed by atoms with Crippen LogP contribution in [0, 0.1) is 12.7 Å². The number of aryl methyl sites for hydroxylation is 1. The van der Waals surface area contributed by atoms with E-state index in [4.69, 9.17) is 9.15 Å². The molecule has 1 aromatic heterocycles. The summed E-state index contributed by atoms with van der Waals surface area (Å²) in [6, 6.07) is 13.2. The molecule has 33 heavy (non-hydrogen) atoms. The van der Waals surface area contributed by atoms with Crippen LogP contribution in [-0.4, -0.2) is 18.1 Å². The van der Waals surface area contributed by atoms with Gasteiger partial charge in [-0.1, -0.05) is 17.7 Å². The quantitative estimate of drug-likeness (QED) is 0.396. The number of amides is 1. The van der Waals surface area contributed by atoms with Crippen molar-refractivity contribution in [3.8, 4) is 11.5 Å². The third-order valence-corrected chi connectivity index (χ3v) is 6.34. The topological polar surface area (TPSA) is 80.0 Å². The molecule has 2 heterocycles. The molecule has 0 radical (unpaired) electrons. The van der Waals surface area contributed by atoms with Crippen LogP contribution in [0.25, 0.3) is 11.0 Å². The van der Waals surface area contributed by atoms with Gasteiger partial charge in [0.25, 0.3) is 5.91 Å². The molecule has 1 aliphatic rings. The predicted molar refractivity (Wildman–Crippen MR) is 125 cm³/mol. The largest absolute Gasteiger partial charge is 0.503 e. The van der Waals surface area contributed by atoms with E-state index < -0.39 is 23.2 Å². The molecule has 4 aromatic rings. The molecule has 8 heteroatoms. The molecule has 1 atom stereocenters. The molecule has 1 aliphatic heterocycles. The van der Waals surface area contributed by atoms with Crippen molar-refractivity contribution in [2.45, 2.75) is 13.0 Å². The van der Waals surface area contributed by atoms with E-state index in [-0.39, 0.29) is 33.8 Å². The second-order valence-corrected chi connectivity index (χ2v) is 8.64. The SMILES string of the molecule is COc1cc(C2c3c(oc4ccc(F)cc4c3=O)C(=O)N2c2ccc(C)cc2)cc(Br)c1O. The third-order valence-electron chi connectivity index (χ3n) is 5.73. The molecule has 0 aliphatic carbocycles. The van der Waals surface area contributed by atoms with E-state index in [1.807, 2.05) is 19.1 Å². The lowest BCUT2D eigenvalue weighted by molar-refractivity contribution is 0.0971. The van der Waals surface area contributed by atoms with Crippen LogP contribution in [0.5, 0.6) is 11.5 Å². The Balaban J connectivity index is 1.84. The van der Waals surface area contributed by atoms with Crippen LogP contribution < -0.4 is 15.1 Å². The van der Waals surface area contributed by atoms with E-state index in [0.29, 0.717) is 15.7 Å². The number of aromatic hydroxyl groups is 1. The molecular formula is C25H17BrFNO5. The van der Waals surface area contributed by atoms with Gasteiger partial charge in [0.15, 0.2) is 16.9 Å². The van der Waals surface area contributed by atoms with Crippen molar-refractivity contribution in [3.05, 3.63) is 97.6 Å². The summed E-state index contributed by atoms with van der Waals surface area (Å²) < 4.78 is 25.4. The predicted octanol–water partition coefficient (Wildman–Crippen LogP) is 5.47. The van der Waals surface area contributed by atoms with Crippen molar-refractivity contribution >= 4 is 38.5 Å². The van der Waals surface area contributed by atoms with E-state index in [2.05, 4.69) is 15.9 Å². The number of hydrogen-bond acceptors (Lipinski definition) is 5. The Hall–Kier alpha value is -3.65. The highest BCUT2D eigenvalue weighted by molar-refractivity contribution is 9.10. The van der Waals surface area contributed by atoms with Gasteiger partial charge in [-0.25, -0.2) is 4.39 Å². The van der Waals surface area contributed by atoms with Gasteiger partial charge in [0, 0.05) is 5.69 Å². The first-order valence-corrected chi connectivity index (χ1v) is 10.8. The summed E-state index contributed by atoms with van der Waals surface area (Å²) in [5.41, 5.74) is 1.79. The Bertz CT molecular complexity index is 1500. The minimum absolute atomic E-state index is 0.0436. The van der Waals surface area contributed by atoms with Crippen LogP contribution in [0.1, 0.15) is 33.3 Å². The summed E-state index contributed by atoms with van der Waals surface area (Å²) in [5, 5.41) is 10.3. The van der Waals surface area contributed by atoms with Gasteiger partial charge in [-0.3, -0.25) is 14.5 Å². The highest BCUT2D eigenvalue weighted by Gasteiger charge is 2.44. The van der Waals surface area contributed by atoms with Gasteiger partial charge in [-0.2, -0.15) is 0 Å². The van der Waals surface area contributed by atoms with Gasteiger partial charge in [0.05, 0.1) is 28.6 Å². The van der Waals surface area contributed by atoms with Gasteiger partial charge in [-0.15, -0.1) is 0 Å². The third kappa shape index (κ3) is 3.29. The first kappa shape index (κ1) is 21.2. The summed E-state index contributed by atoms with van der Waals surface area (Å²) in [6.07, 6.45) is 0. The minimum atomic E-state index is -0.884. The molecule has 0 saturated heterocycles. The molecule has 5 rings (SSSR count). The van der Waals surface area contributed by atoms with Crippen LogP contribution in [-0.2, 0) is 0 Å². The van der Waals surface area contributed by atoms with Gasteiger partial charge >= 0.3 is 0 Å². The first-order valence-electron chi connectivity index (χ1n) is 10.0. The number of phenolic OH excluding ortho intramolecular Hbond substituents is 1. The van der Waals surface area contributed by atoms with E-state index in [1.54, 1.807) is 24.3 Å². The standard InChI is InChI=1S/C25H17BrFNO5/c1-12-3-6-15(7-4-12)28-21(13-9-17(26)23(30)19(10-13)32-2)20-22(29)16-11-14(27)5-8-18(16)33-24(20)25(28)31/h3-11,21,30H,1-2H3. The second kappa shape index (κ2) is 7.74. The Labute approximate surface area is 196 Å². The molecule has 0 spiro atoms. The number of nitrogens with zero attached hydrogens (tertiary/aromatic N) is 1. The normalized spacial score (nSPS) is 15.2. The second-order valence-electron chi connectivity index (χ2n) is 7.78. The van der Waals surface area contributed by atoms with Crippen molar-refractivity contribution in [2.75, 3.05) is 12.0 Å². The monoisotopic (exact) mass is 509 g/mol. The molecule has 0 saturated carbocycles. The first-order chi connectivity index (χ1) is 15.8. The van der Waals surface area contributed by atoms with Gasteiger partial charge in [0.2, 0.25) is 5.76 Å². The Morgan fingerprint density at radius 1 is 1.09 bits per heavy atom. The highest BCUT2D eigenvalue weighted by atomic mass is 79.9. The molecular weight excluding hydrogens is 493 g/mol. The van der Waals surface area contributed by atoms with E-state index in [1.165, 1.54) is 24.1 Å². The number of rotatable bonds is 3. The number of carbonyl (C=O) groups is 1. The van der Waals surface area contributed by atoms with Crippen molar-refractivity contribution in [2.24, 2.45) is 0 Å². The van der Waals surface area contributed by atoms with E-state index in [9.17, 15) is 19.1 Å².